The van der Waals surface area contributed by atoms with E-state index in [-0.39, 0.29) is 18.0 Å². The van der Waals surface area contributed by atoms with Crippen LogP contribution in [-0.4, -0.2) is 5.78 Å². The van der Waals surface area contributed by atoms with Crippen LogP contribution in [0.25, 0.3) is 10.1 Å². The summed E-state index contributed by atoms with van der Waals surface area (Å²) in [7, 11) is 0. The van der Waals surface area contributed by atoms with E-state index in [1.54, 1.807) is 18.2 Å². The lowest BCUT2D eigenvalue weighted by molar-refractivity contribution is 0.0997. The molecule has 0 radical (unpaired) electrons. The molecule has 0 spiro atoms. The Morgan fingerprint density at radius 2 is 1.95 bits per heavy atom. The van der Waals surface area contributed by atoms with Crippen molar-refractivity contribution in [3.8, 4) is 0 Å². The van der Waals surface area contributed by atoms with Crippen molar-refractivity contribution < 1.29 is 9.18 Å². The van der Waals surface area contributed by atoms with Crippen LogP contribution in [0.3, 0.4) is 0 Å². The first-order chi connectivity index (χ1) is 9.63. The highest BCUT2D eigenvalue weighted by atomic mass is 35.5. The maximum absolute atomic E-state index is 13.2. The summed E-state index contributed by atoms with van der Waals surface area (Å²) in [6.45, 7) is 0. The van der Waals surface area contributed by atoms with Crippen LogP contribution in [0.5, 0.6) is 0 Å². The molecule has 0 saturated heterocycles. The summed E-state index contributed by atoms with van der Waals surface area (Å²) >= 11 is 7.37. The second-order valence-electron chi connectivity index (χ2n) is 4.48. The van der Waals surface area contributed by atoms with Crippen LogP contribution < -0.4 is 0 Å². The third-order valence-corrected chi connectivity index (χ3v) is 4.57. The lowest BCUT2D eigenvalue weighted by Gasteiger charge is -2.01. The van der Waals surface area contributed by atoms with Gasteiger partial charge < -0.3 is 0 Å². The highest BCUT2D eigenvalue weighted by molar-refractivity contribution is 7.20. The Bertz CT molecular complexity index is 794. The Morgan fingerprint density at radius 1 is 1.15 bits per heavy atom. The van der Waals surface area contributed by atoms with E-state index in [1.165, 1.54) is 23.5 Å². The van der Waals surface area contributed by atoms with Crippen LogP contribution in [-0.2, 0) is 6.42 Å². The number of hydrogen-bond donors (Lipinski definition) is 0. The minimum atomic E-state index is -0.288. The van der Waals surface area contributed by atoms with Gasteiger partial charge in [0.2, 0.25) is 0 Å². The first-order valence-corrected chi connectivity index (χ1v) is 7.28. The van der Waals surface area contributed by atoms with Crippen LogP contribution in [0.4, 0.5) is 4.39 Å². The van der Waals surface area contributed by atoms with Crippen LogP contribution in [0.15, 0.2) is 48.5 Å². The molecule has 0 unspecified atom stereocenters. The number of carbonyl (C=O) groups excluding carboxylic acids is 1. The molecule has 0 amide bonds. The number of rotatable bonds is 3. The van der Waals surface area contributed by atoms with Gasteiger partial charge in [-0.15, -0.1) is 11.3 Å². The van der Waals surface area contributed by atoms with Gasteiger partial charge in [0.05, 0.1) is 4.88 Å². The molecule has 1 heterocycles. The van der Waals surface area contributed by atoms with Crippen LogP contribution in [0.1, 0.15) is 15.2 Å². The number of benzene rings is 2. The number of thiophene rings is 1. The molecule has 0 aliphatic heterocycles. The van der Waals surface area contributed by atoms with Gasteiger partial charge in [-0.2, -0.15) is 0 Å². The first kappa shape index (κ1) is 13.3. The van der Waals surface area contributed by atoms with Crippen molar-refractivity contribution >= 4 is 38.8 Å². The predicted molar refractivity (Wildman–Crippen MR) is 81.3 cm³/mol. The quantitative estimate of drug-likeness (QED) is 0.614. The van der Waals surface area contributed by atoms with Gasteiger partial charge in [0.1, 0.15) is 5.82 Å². The van der Waals surface area contributed by atoms with E-state index < -0.39 is 0 Å². The van der Waals surface area contributed by atoms with Crippen LogP contribution in [0.2, 0.25) is 5.02 Å². The topological polar surface area (TPSA) is 17.1 Å². The Balaban J connectivity index is 1.91. The Morgan fingerprint density at radius 3 is 2.75 bits per heavy atom. The zero-order valence-electron chi connectivity index (χ0n) is 10.4. The van der Waals surface area contributed by atoms with Gasteiger partial charge in [0.15, 0.2) is 5.78 Å². The maximum Gasteiger partial charge on any atom is 0.177 e. The van der Waals surface area contributed by atoms with E-state index in [9.17, 15) is 9.18 Å². The highest BCUT2D eigenvalue weighted by Gasteiger charge is 2.13. The molecule has 2 aromatic carbocycles. The molecule has 3 aromatic rings. The van der Waals surface area contributed by atoms with Gasteiger partial charge in [-0.25, -0.2) is 4.39 Å². The predicted octanol–water partition coefficient (Wildman–Crippen LogP) is 5.12. The van der Waals surface area contributed by atoms with Crippen molar-refractivity contribution in [2.24, 2.45) is 0 Å². The monoisotopic (exact) mass is 304 g/mol. The molecular weight excluding hydrogens is 295 g/mol. The van der Waals surface area contributed by atoms with Gasteiger partial charge in [0, 0.05) is 16.1 Å². The number of ketones is 1. The molecule has 4 heteroatoms. The first-order valence-electron chi connectivity index (χ1n) is 6.09. The molecule has 3 rings (SSSR count). The number of Topliss-reactive ketones (excluding diaryl/α,β-unsaturated/α-hetero) is 1. The van der Waals surface area contributed by atoms with Gasteiger partial charge in [-0.3, -0.25) is 4.79 Å². The summed E-state index contributed by atoms with van der Waals surface area (Å²) in [6.07, 6.45) is 0.259. The van der Waals surface area contributed by atoms with Gasteiger partial charge in [0.25, 0.3) is 0 Å². The van der Waals surface area contributed by atoms with E-state index in [4.69, 9.17) is 11.6 Å². The minimum Gasteiger partial charge on any atom is -0.293 e. The summed E-state index contributed by atoms with van der Waals surface area (Å²) in [5.41, 5.74) is 0.808. The summed E-state index contributed by atoms with van der Waals surface area (Å²) in [6, 6.07) is 13.6. The summed E-state index contributed by atoms with van der Waals surface area (Å²) < 4.78 is 13.9. The normalized spacial score (nSPS) is 10.9. The Kier molecular flexibility index (Phi) is 3.55. The number of hydrogen-bond acceptors (Lipinski definition) is 2. The molecule has 0 saturated carbocycles. The highest BCUT2D eigenvalue weighted by Crippen LogP contribution is 2.28. The molecule has 0 bridgehead atoms. The van der Waals surface area contributed by atoms with E-state index >= 15 is 0 Å². The SMILES string of the molecule is O=C(Cc1ccccc1Cl)c1cc2ccc(F)cc2s1. The molecule has 0 N–H and O–H groups in total. The fourth-order valence-electron chi connectivity index (χ4n) is 2.04. The molecule has 0 fully saturated rings. The van der Waals surface area contributed by atoms with Crippen LogP contribution >= 0.6 is 22.9 Å². The van der Waals surface area contributed by atoms with Crippen molar-refractivity contribution in [3.05, 3.63) is 69.8 Å². The third-order valence-electron chi connectivity index (χ3n) is 3.07. The van der Waals surface area contributed by atoms with E-state index in [0.29, 0.717) is 9.90 Å². The number of halogens is 2. The van der Waals surface area contributed by atoms with Crippen molar-refractivity contribution in [2.75, 3.05) is 0 Å². The van der Waals surface area contributed by atoms with Crippen LogP contribution in [0, 0.1) is 5.82 Å². The van der Waals surface area contributed by atoms with Crippen molar-refractivity contribution in [1.82, 2.24) is 0 Å². The van der Waals surface area contributed by atoms with Crippen molar-refractivity contribution in [3.63, 3.8) is 0 Å². The maximum atomic E-state index is 13.2. The zero-order chi connectivity index (χ0) is 14.1. The lowest BCUT2D eigenvalue weighted by Crippen LogP contribution is -2.01. The Hall–Kier alpha value is -1.71. The van der Waals surface area contributed by atoms with Gasteiger partial charge >= 0.3 is 0 Å². The summed E-state index contributed by atoms with van der Waals surface area (Å²) in [4.78, 5) is 12.9. The van der Waals surface area contributed by atoms with Gasteiger partial charge in [-0.1, -0.05) is 35.9 Å². The fraction of sp³-hybridized carbons (Fsp3) is 0.0625. The molecule has 100 valence electrons. The second-order valence-corrected chi connectivity index (χ2v) is 5.98. The Labute approximate surface area is 124 Å². The standard InChI is InChI=1S/C16H10ClFOS/c17-13-4-2-1-3-10(13)7-14(19)16-8-11-5-6-12(18)9-15(11)20-16/h1-6,8-9H,7H2. The largest absolute Gasteiger partial charge is 0.293 e. The molecule has 1 aromatic heterocycles. The molecular formula is C16H10ClFOS. The third kappa shape index (κ3) is 2.60. The second kappa shape index (κ2) is 5.35. The fourth-order valence-corrected chi connectivity index (χ4v) is 3.27. The molecule has 0 aliphatic carbocycles. The van der Waals surface area contributed by atoms with Crippen molar-refractivity contribution in [1.29, 1.82) is 0 Å². The summed E-state index contributed by atoms with van der Waals surface area (Å²) in [5, 5.41) is 1.48. The van der Waals surface area contributed by atoms with Gasteiger partial charge in [-0.05, 0) is 35.2 Å². The molecule has 0 atom stereocenters. The van der Waals surface area contributed by atoms with Crippen molar-refractivity contribution in [2.45, 2.75) is 6.42 Å². The number of fused-ring (bicyclic) bond motifs is 1. The smallest absolute Gasteiger partial charge is 0.177 e. The molecule has 1 nitrogen and oxygen atoms in total. The summed E-state index contributed by atoms with van der Waals surface area (Å²) in [5.74, 6) is -0.288. The molecule has 20 heavy (non-hydrogen) atoms. The zero-order valence-corrected chi connectivity index (χ0v) is 12.0. The van der Waals surface area contributed by atoms with E-state index in [2.05, 4.69) is 0 Å². The molecule has 0 aliphatic rings. The van der Waals surface area contributed by atoms with E-state index in [1.807, 2.05) is 18.2 Å². The lowest BCUT2D eigenvalue weighted by atomic mass is 10.1. The van der Waals surface area contributed by atoms with E-state index in [0.717, 1.165) is 15.6 Å². The average molecular weight is 305 g/mol. The number of carbonyl (C=O) groups is 1. The minimum absolute atomic E-state index is 0.000270. The average Bonchev–Trinajstić information content (AvgIpc) is 2.84.